The number of aliphatic carboxylic acids is 1. The molecule has 0 radical (unpaired) electrons. The van der Waals surface area contributed by atoms with Crippen LogP contribution in [0.15, 0.2) is 54.6 Å². The van der Waals surface area contributed by atoms with Gasteiger partial charge in [-0.3, -0.25) is 14.5 Å². The molecule has 25 heavy (non-hydrogen) atoms. The molecule has 0 aliphatic carbocycles. The molecule has 0 atom stereocenters. The molecule has 0 aliphatic heterocycles. The van der Waals surface area contributed by atoms with Crippen LogP contribution in [0.2, 0.25) is 0 Å². The maximum Gasteiger partial charge on any atom is 0.323 e. The number of carbonyl (C=O) groups excluding carboxylic acids is 1. The monoisotopic (exact) mass is 343 g/mol. The Morgan fingerprint density at radius 2 is 1.68 bits per heavy atom. The summed E-state index contributed by atoms with van der Waals surface area (Å²) in [6, 6.07) is 15.4. The quantitative estimate of drug-likeness (QED) is 0.709. The van der Waals surface area contributed by atoms with Crippen LogP contribution in [0, 0.1) is 0 Å². The molecule has 2 aromatic rings. The molecule has 0 aliphatic rings. The lowest BCUT2D eigenvalue weighted by molar-refractivity contribution is -0.135. The first-order chi connectivity index (χ1) is 12.1. The summed E-state index contributed by atoms with van der Waals surface area (Å²) in [5, 5.41) is 9.10. The van der Waals surface area contributed by atoms with Crippen LogP contribution in [0.25, 0.3) is 0 Å². The minimum atomic E-state index is -1.07. The van der Waals surface area contributed by atoms with Crippen LogP contribution < -0.4 is 9.64 Å². The standard InChI is InChI=1S/C19H21NO5/c1-24-12-5-13-25-17-10-8-15(9-11-17)19(23)20(14-18(21)22)16-6-3-2-4-7-16/h2-4,6-11H,5,12-14H2,1H3,(H,21,22). The van der Waals surface area contributed by atoms with Gasteiger partial charge in [0.15, 0.2) is 0 Å². The highest BCUT2D eigenvalue weighted by Crippen LogP contribution is 2.19. The fraction of sp³-hybridized carbons (Fsp3) is 0.263. The zero-order valence-electron chi connectivity index (χ0n) is 14.1. The number of carboxylic acids is 1. The van der Waals surface area contributed by atoms with Gasteiger partial charge in [-0.15, -0.1) is 0 Å². The Hall–Kier alpha value is -2.86. The van der Waals surface area contributed by atoms with E-state index < -0.39 is 12.5 Å². The van der Waals surface area contributed by atoms with Gasteiger partial charge in [-0.05, 0) is 36.4 Å². The van der Waals surface area contributed by atoms with E-state index in [1.807, 2.05) is 6.07 Å². The number of hydrogen-bond acceptors (Lipinski definition) is 4. The van der Waals surface area contributed by atoms with Gasteiger partial charge in [0.1, 0.15) is 12.3 Å². The third kappa shape index (κ3) is 5.61. The molecule has 132 valence electrons. The first kappa shape index (κ1) is 18.5. The van der Waals surface area contributed by atoms with Crippen molar-refractivity contribution in [2.45, 2.75) is 6.42 Å². The van der Waals surface area contributed by atoms with E-state index in [2.05, 4.69) is 0 Å². The molecule has 0 saturated carbocycles. The summed E-state index contributed by atoms with van der Waals surface area (Å²) in [6.45, 7) is 0.742. The van der Waals surface area contributed by atoms with Gasteiger partial charge in [0.05, 0.1) is 6.61 Å². The number of anilines is 1. The molecule has 1 N–H and O–H groups in total. The number of benzene rings is 2. The lowest BCUT2D eigenvalue weighted by atomic mass is 10.1. The molecule has 1 amide bonds. The highest BCUT2D eigenvalue weighted by atomic mass is 16.5. The predicted octanol–water partition coefficient (Wildman–Crippen LogP) is 2.83. The fourth-order valence-electron chi connectivity index (χ4n) is 2.27. The molecule has 0 heterocycles. The Morgan fingerprint density at radius 3 is 2.28 bits per heavy atom. The SMILES string of the molecule is COCCCOc1ccc(C(=O)N(CC(=O)O)c2ccccc2)cc1. The van der Waals surface area contributed by atoms with Crippen molar-refractivity contribution in [3.8, 4) is 5.75 Å². The first-order valence-corrected chi connectivity index (χ1v) is 7.92. The normalized spacial score (nSPS) is 10.3. The first-order valence-electron chi connectivity index (χ1n) is 7.92. The number of carboxylic acid groups (broad SMARTS) is 1. The third-order valence-corrected chi connectivity index (χ3v) is 3.47. The molecule has 2 rings (SSSR count). The molecule has 0 saturated heterocycles. The molecule has 0 unspecified atom stereocenters. The van der Waals surface area contributed by atoms with Crippen molar-refractivity contribution in [2.75, 3.05) is 31.8 Å². The predicted molar refractivity (Wildman–Crippen MR) is 94.2 cm³/mol. The van der Waals surface area contributed by atoms with Gasteiger partial charge < -0.3 is 14.6 Å². The number of carbonyl (C=O) groups is 2. The van der Waals surface area contributed by atoms with Gasteiger partial charge in [0.25, 0.3) is 5.91 Å². The summed E-state index contributed by atoms with van der Waals surface area (Å²) in [4.78, 5) is 25.0. The summed E-state index contributed by atoms with van der Waals surface area (Å²) in [6.07, 6.45) is 0.775. The van der Waals surface area contributed by atoms with Crippen molar-refractivity contribution in [3.05, 3.63) is 60.2 Å². The van der Waals surface area contributed by atoms with Gasteiger partial charge in [-0.1, -0.05) is 18.2 Å². The number of para-hydroxylation sites is 1. The molecule has 0 fully saturated rings. The maximum absolute atomic E-state index is 12.7. The third-order valence-electron chi connectivity index (χ3n) is 3.47. The summed E-state index contributed by atoms with van der Waals surface area (Å²) in [5.74, 6) is -0.799. The minimum Gasteiger partial charge on any atom is -0.494 e. The van der Waals surface area contributed by atoms with Gasteiger partial charge >= 0.3 is 5.97 Å². The van der Waals surface area contributed by atoms with E-state index in [4.69, 9.17) is 14.6 Å². The van der Waals surface area contributed by atoms with Crippen LogP contribution >= 0.6 is 0 Å². The summed E-state index contributed by atoms with van der Waals surface area (Å²) >= 11 is 0. The second-order valence-electron chi connectivity index (χ2n) is 5.34. The zero-order valence-corrected chi connectivity index (χ0v) is 14.1. The molecular formula is C19H21NO5. The van der Waals surface area contributed by atoms with Crippen molar-refractivity contribution in [1.82, 2.24) is 0 Å². The van der Waals surface area contributed by atoms with Gasteiger partial charge in [0.2, 0.25) is 0 Å². The van der Waals surface area contributed by atoms with Gasteiger partial charge in [0, 0.05) is 31.4 Å². The van der Waals surface area contributed by atoms with E-state index in [1.165, 1.54) is 4.90 Å². The van der Waals surface area contributed by atoms with E-state index in [9.17, 15) is 9.59 Å². The van der Waals surface area contributed by atoms with E-state index >= 15 is 0 Å². The molecule has 0 aromatic heterocycles. The molecule has 2 aromatic carbocycles. The van der Waals surface area contributed by atoms with Crippen molar-refractivity contribution in [3.63, 3.8) is 0 Å². The Bertz CT molecular complexity index is 685. The summed E-state index contributed by atoms with van der Waals surface area (Å²) in [5.41, 5.74) is 0.934. The number of hydrogen-bond donors (Lipinski definition) is 1. The minimum absolute atomic E-state index is 0.375. The maximum atomic E-state index is 12.7. The van der Waals surface area contributed by atoms with Crippen molar-refractivity contribution in [1.29, 1.82) is 0 Å². The molecule has 6 nitrogen and oxygen atoms in total. The van der Waals surface area contributed by atoms with Gasteiger partial charge in [-0.25, -0.2) is 0 Å². The smallest absolute Gasteiger partial charge is 0.323 e. The van der Waals surface area contributed by atoms with Crippen LogP contribution in [0.3, 0.4) is 0 Å². The topological polar surface area (TPSA) is 76.1 Å². The largest absolute Gasteiger partial charge is 0.494 e. The van der Waals surface area contributed by atoms with Gasteiger partial charge in [-0.2, -0.15) is 0 Å². The van der Waals surface area contributed by atoms with E-state index in [0.717, 1.165) is 6.42 Å². The lowest BCUT2D eigenvalue weighted by Gasteiger charge is -2.21. The number of methoxy groups -OCH3 is 1. The van der Waals surface area contributed by atoms with Crippen LogP contribution in [-0.2, 0) is 9.53 Å². The van der Waals surface area contributed by atoms with Crippen LogP contribution in [-0.4, -0.2) is 43.9 Å². The Kier molecular flexibility index (Phi) is 6.98. The molecular weight excluding hydrogens is 322 g/mol. The highest BCUT2D eigenvalue weighted by molar-refractivity contribution is 6.08. The van der Waals surface area contributed by atoms with Crippen molar-refractivity contribution in [2.24, 2.45) is 0 Å². The number of rotatable bonds is 9. The Morgan fingerprint density at radius 1 is 1.00 bits per heavy atom. The molecule has 6 heteroatoms. The Balaban J connectivity index is 2.09. The van der Waals surface area contributed by atoms with Crippen molar-refractivity contribution >= 4 is 17.6 Å². The summed E-state index contributed by atoms with van der Waals surface area (Å²) < 4.78 is 10.5. The zero-order chi connectivity index (χ0) is 18.1. The van der Waals surface area contributed by atoms with E-state index in [1.54, 1.807) is 55.6 Å². The van der Waals surface area contributed by atoms with E-state index in [-0.39, 0.29) is 5.91 Å². The highest BCUT2D eigenvalue weighted by Gasteiger charge is 2.20. The van der Waals surface area contributed by atoms with E-state index in [0.29, 0.717) is 30.2 Å². The number of amides is 1. The average Bonchev–Trinajstić information content (AvgIpc) is 2.64. The average molecular weight is 343 g/mol. The van der Waals surface area contributed by atoms with Crippen LogP contribution in [0.4, 0.5) is 5.69 Å². The number of ether oxygens (including phenoxy) is 2. The van der Waals surface area contributed by atoms with Crippen LogP contribution in [0.5, 0.6) is 5.75 Å². The van der Waals surface area contributed by atoms with Crippen molar-refractivity contribution < 1.29 is 24.2 Å². The second-order valence-corrected chi connectivity index (χ2v) is 5.34. The Labute approximate surface area is 146 Å². The molecule has 0 spiro atoms. The second kappa shape index (κ2) is 9.44. The molecule has 0 bridgehead atoms. The number of nitrogens with zero attached hydrogens (tertiary/aromatic N) is 1. The fourth-order valence-corrected chi connectivity index (χ4v) is 2.27. The lowest BCUT2D eigenvalue weighted by Crippen LogP contribution is -2.35. The summed E-state index contributed by atoms with van der Waals surface area (Å²) in [7, 11) is 1.63. The van der Waals surface area contributed by atoms with Crippen LogP contribution in [0.1, 0.15) is 16.8 Å².